The average molecular weight is 293 g/mol. The van der Waals surface area contributed by atoms with E-state index < -0.39 is 0 Å². The minimum Gasteiger partial charge on any atom is -0.383 e. The maximum absolute atomic E-state index is 5.23. The lowest BCUT2D eigenvalue weighted by Gasteiger charge is -2.30. The van der Waals surface area contributed by atoms with Gasteiger partial charge in [-0.1, -0.05) is 20.8 Å². The second-order valence-electron chi connectivity index (χ2n) is 5.40. The van der Waals surface area contributed by atoms with E-state index in [1.807, 2.05) is 6.20 Å². The Morgan fingerprint density at radius 2 is 2.00 bits per heavy atom. The number of aromatic nitrogens is 1. The predicted molar refractivity (Wildman–Crippen MR) is 89.9 cm³/mol. The zero-order valence-corrected chi connectivity index (χ0v) is 14.2. The average Bonchev–Trinajstić information content (AvgIpc) is 2.53. The standard InChI is InChI=1S/C17H31N3O/c1-6-14(4)20(11-12-21-5)15-9-10-17(19-13-15)16(7-2)18-8-3/h9-10,13-14,16,18H,6-8,11-12H2,1-5H3. The maximum atomic E-state index is 5.23. The summed E-state index contributed by atoms with van der Waals surface area (Å²) in [4.78, 5) is 7.04. The predicted octanol–water partition coefficient (Wildman–Crippen LogP) is 3.39. The highest BCUT2D eigenvalue weighted by atomic mass is 16.5. The summed E-state index contributed by atoms with van der Waals surface area (Å²) in [6, 6.07) is 5.17. The molecule has 0 radical (unpaired) electrons. The Kier molecular flexibility index (Phi) is 8.31. The van der Waals surface area contributed by atoms with Gasteiger partial charge in [-0.15, -0.1) is 0 Å². The number of methoxy groups -OCH3 is 1. The van der Waals surface area contributed by atoms with Gasteiger partial charge < -0.3 is 15.0 Å². The van der Waals surface area contributed by atoms with Gasteiger partial charge in [0, 0.05) is 25.7 Å². The van der Waals surface area contributed by atoms with E-state index in [1.165, 1.54) is 5.69 Å². The molecule has 0 aliphatic heterocycles. The van der Waals surface area contributed by atoms with Gasteiger partial charge in [-0.25, -0.2) is 0 Å². The molecule has 1 rings (SSSR count). The summed E-state index contributed by atoms with van der Waals surface area (Å²) in [7, 11) is 1.75. The third-order valence-electron chi connectivity index (χ3n) is 3.98. The molecule has 2 atom stereocenters. The highest BCUT2D eigenvalue weighted by molar-refractivity contribution is 5.45. The Morgan fingerprint density at radius 1 is 1.24 bits per heavy atom. The quantitative estimate of drug-likeness (QED) is 0.717. The molecule has 0 fully saturated rings. The molecule has 4 heteroatoms. The topological polar surface area (TPSA) is 37.4 Å². The molecule has 0 aliphatic carbocycles. The number of ether oxygens (including phenoxy) is 1. The van der Waals surface area contributed by atoms with Crippen LogP contribution in [0, 0.1) is 0 Å². The molecule has 21 heavy (non-hydrogen) atoms. The first-order valence-electron chi connectivity index (χ1n) is 8.12. The van der Waals surface area contributed by atoms with Gasteiger partial charge in [-0.2, -0.15) is 0 Å². The lowest BCUT2D eigenvalue weighted by Crippen LogP contribution is -2.35. The molecule has 0 spiro atoms. The highest BCUT2D eigenvalue weighted by Gasteiger charge is 2.14. The number of rotatable bonds is 10. The van der Waals surface area contributed by atoms with Crippen molar-refractivity contribution < 1.29 is 4.74 Å². The van der Waals surface area contributed by atoms with Gasteiger partial charge in [0.25, 0.3) is 0 Å². The van der Waals surface area contributed by atoms with Crippen LogP contribution in [-0.2, 0) is 4.74 Å². The largest absolute Gasteiger partial charge is 0.383 e. The molecule has 0 saturated heterocycles. The fraction of sp³-hybridized carbons (Fsp3) is 0.706. The summed E-state index contributed by atoms with van der Waals surface area (Å²) in [6.45, 7) is 11.4. The van der Waals surface area contributed by atoms with Crippen molar-refractivity contribution in [2.45, 2.75) is 52.6 Å². The van der Waals surface area contributed by atoms with Crippen LogP contribution in [-0.4, -0.2) is 37.8 Å². The fourth-order valence-electron chi connectivity index (χ4n) is 2.49. The van der Waals surface area contributed by atoms with E-state index in [0.717, 1.165) is 38.2 Å². The summed E-state index contributed by atoms with van der Waals surface area (Å²) in [5.41, 5.74) is 2.30. The fourth-order valence-corrected chi connectivity index (χ4v) is 2.49. The van der Waals surface area contributed by atoms with Gasteiger partial charge >= 0.3 is 0 Å². The van der Waals surface area contributed by atoms with Crippen molar-refractivity contribution in [1.29, 1.82) is 0 Å². The minimum atomic E-state index is 0.347. The lowest BCUT2D eigenvalue weighted by molar-refractivity contribution is 0.203. The van der Waals surface area contributed by atoms with Crippen LogP contribution in [0.5, 0.6) is 0 Å². The van der Waals surface area contributed by atoms with E-state index in [0.29, 0.717) is 12.1 Å². The Hall–Kier alpha value is -1.13. The molecule has 0 bridgehead atoms. The smallest absolute Gasteiger partial charge is 0.0637 e. The summed E-state index contributed by atoms with van der Waals surface area (Å²) in [6.07, 6.45) is 4.16. The Balaban J connectivity index is 2.85. The van der Waals surface area contributed by atoms with E-state index in [2.05, 4.69) is 55.0 Å². The Labute approximate surface area is 129 Å². The summed E-state index contributed by atoms with van der Waals surface area (Å²) >= 11 is 0. The van der Waals surface area contributed by atoms with Crippen LogP contribution in [0.3, 0.4) is 0 Å². The number of nitrogens with zero attached hydrogens (tertiary/aromatic N) is 2. The molecule has 4 nitrogen and oxygen atoms in total. The molecule has 2 unspecified atom stereocenters. The van der Waals surface area contributed by atoms with Crippen LogP contribution in [0.15, 0.2) is 18.3 Å². The molecular weight excluding hydrogens is 262 g/mol. The molecule has 1 aromatic heterocycles. The van der Waals surface area contributed by atoms with E-state index >= 15 is 0 Å². The number of hydrogen-bond donors (Lipinski definition) is 1. The van der Waals surface area contributed by atoms with Gasteiger partial charge in [0.2, 0.25) is 0 Å². The number of hydrogen-bond acceptors (Lipinski definition) is 4. The van der Waals surface area contributed by atoms with Crippen molar-refractivity contribution in [3.63, 3.8) is 0 Å². The molecule has 0 aromatic carbocycles. The van der Waals surface area contributed by atoms with Gasteiger partial charge in [0.15, 0.2) is 0 Å². The maximum Gasteiger partial charge on any atom is 0.0637 e. The zero-order chi connectivity index (χ0) is 15.7. The van der Waals surface area contributed by atoms with E-state index in [1.54, 1.807) is 7.11 Å². The van der Waals surface area contributed by atoms with E-state index in [4.69, 9.17) is 4.74 Å². The lowest BCUT2D eigenvalue weighted by atomic mass is 10.1. The van der Waals surface area contributed by atoms with Crippen molar-refractivity contribution in [2.24, 2.45) is 0 Å². The van der Waals surface area contributed by atoms with E-state index in [9.17, 15) is 0 Å². The normalized spacial score (nSPS) is 14.0. The Morgan fingerprint density at radius 3 is 2.48 bits per heavy atom. The summed E-state index contributed by atoms with van der Waals surface area (Å²) < 4.78 is 5.23. The number of nitrogens with one attached hydrogen (secondary N) is 1. The van der Waals surface area contributed by atoms with Crippen LogP contribution < -0.4 is 10.2 Å². The van der Waals surface area contributed by atoms with Crippen LogP contribution in [0.4, 0.5) is 5.69 Å². The third kappa shape index (κ3) is 5.29. The third-order valence-corrected chi connectivity index (χ3v) is 3.98. The summed E-state index contributed by atoms with van der Waals surface area (Å²) in [5.74, 6) is 0. The molecule has 0 aliphatic rings. The minimum absolute atomic E-state index is 0.347. The first-order chi connectivity index (χ1) is 10.2. The molecular formula is C17H31N3O. The second kappa shape index (κ2) is 9.74. The van der Waals surface area contributed by atoms with Crippen molar-refractivity contribution in [3.8, 4) is 0 Å². The molecule has 0 saturated carbocycles. The van der Waals surface area contributed by atoms with Gasteiger partial charge in [0.05, 0.1) is 24.2 Å². The van der Waals surface area contributed by atoms with Crippen LogP contribution in [0.1, 0.15) is 52.3 Å². The monoisotopic (exact) mass is 293 g/mol. The van der Waals surface area contributed by atoms with Crippen LogP contribution in [0.25, 0.3) is 0 Å². The van der Waals surface area contributed by atoms with Crippen molar-refractivity contribution in [3.05, 3.63) is 24.0 Å². The van der Waals surface area contributed by atoms with E-state index in [-0.39, 0.29) is 0 Å². The summed E-state index contributed by atoms with van der Waals surface area (Å²) in [5, 5.41) is 3.47. The van der Waals surface area contributed by atoms with Crippen LogP contribution >= 0.6 is 0 Å². The molecule has 1 heterocycles. The number of pyridine rings is 1. The van der Waals surface area contributed by atoms with Crippen molar-refractivity contribution >= 4 is 5.69 Å². The number of anilines is 1. The Bertz CT molecular complexity index is 380. The van der Waals surface area contributed by atoms with Gasteiger partial charge in [0.1, 0.15) is 0 Å². The molecule has 1 N–H and O–H groups in total. The first-order valence-corrected chi connectivity index (χ1v) is 8.12. The van der Waals surface area contributed by atoms with Crippen LogP contribution in [0.2, 0.25) is 0 Å². The van der Waals surface area contributed by atoms with Gasteiger partial charge in [-0.05, 0) is 38.4 Å². The second-order valence-corrected chi connectivity index (χ2v) is 5.40. The van der Waals surface area contributed by atoms with Gasteiger partial charge in [-0.3, -0.25) is 4.98 Å². The van der Waals surface area contributed by atoms with Crippen molar-refractivity contribution in [1.82, 2.24) is 10.3 Å². The molecule has 0 amide bonds. The molecule has 120 valence electrons. The molecule has 1 aromatic rings. The van der Waals surface area contributed by atoms with Crippen molar-refractivity contribution in [2.75, 3.05) is 31.7 Å². The highest BCUT2D eigenvalue weighted by Crippen LogP contribution is 2.21. The SMILES string of the molecule is CCNC(CC)c1ccc(N(CCOC)C(C)CC)cn1. The first kappa shape index (κ1) is 17.9. The zero-order valence-electron chi connectivity index (χ0n) is 14.2.